The van der Waals surface area contributed by atoms with E-state index in [2.05, 4.69) is 93.7 Å². The monoisotopic (exact) mass is 1120 g/mol. The van der Waals surface area contributed by atoms with E-state index in [0.29, 0.717) is 19.3 Å². The van der Waals surface area contributed by atoms with Gasteiger partial charge in [0.05, 0.1) is 0 Å². The molecule has 0 aliphatic heterocycles. The van der Waals surface area contributed by atoms with E-state index in [4.69, 9.17) is 14.2 Å². The second kappa shape index (κ2) is 68.3. The Morgan fingerprint density at radius 2 is 0.487 bits per heavy atom. The van der Waals surface area contributed by atoms with Gasteiger partial charge in [-0.15, -0.1) is 0 Å². The predicted octanol–water partition coefficient (Wildman–Crippen LogP) is 24.1. The Kier molecular flexibility index (Phi) is 65.7. The van der Waals surface area contributed by atoms with Gasteiger partial charge in [0.15, 0.2) is 6.10 Å². The first kappa shape index (κ1) is 76.9. The van der Waals surface area contributed by atoms with Crippen LogP contribution in [0.3, 0.4) is 0 Å². The van der Waals surface area contributed by atoms with E-state index in [1.807, 2.05) is 0 Å². The summed E-state index contributed by atoms with van der Waals surface area (Å²) in [5.41, 5.74) is 0. The van der Waals surface area contributed by atoms with Gasteiger partial charge >= 0.3 is 17.9 Å². The third-order valence-electron chi connectivity index (χ3n) is 15.5. The molecule has 80 heavy (non-hydrogen) atoms. The van der Waals surface area contributed by atoms with Gasteiger partial charge in [-0.3, -0.25) is 14.4 Å². The normalized spacial score (nSPS) is 12.5. The molecule has 6 heteroatoms. The van der Waals surface area contributed by atoms with Gasteiger partial charge in [-0.25, -0.2) is 0 Å². The minimum absolute atomic E-state index is 0.0834. The van der Waals surface area contributed by atoms with Gasteiger partial charge in [0.1, 0.15) is 13.2 Å². The van der Waals surface area contributed by atoms with Gasteiger partial charge < -0.3 is 14.2 Å². The topological polar surface area (TPSA) is 78.9 Å². The minimum Gasteiger partial charge on any atom is -0.462 e. The molecule has 0 spiro atoms. The van der Waals surface area contributed by atoms with Gasteiger partial charge in [-0.2, -0.15) is 0 Å². The summed E-state index contributed by atoms with van der Waals surface area (Å²) in [7, 11) is 0. The van der Waals surface area contributed by atoms with E-state index in [9.17, 15) is 14.4 Å². The molecule has 0 aliphatic carbocycles. The third-order valence-corrected chi connectivity index (χ3v) is 15.5. The summed E-state index contributed by atoms with van der Waals surface area (Å²) in [5.74, 6) is -0.909. The molecule has 1 unspecified atom stereocenters. The maximum atomic E-state index is 12.8. The molecular weight excluding hydrogens is 985 g/mol. The fraction of sp³-hybridized carbons (Fsp3) is 0.797. The highest BCUT2D eigenvalue weighted by Crippen LogP contribution is 2.18. The number of hydrogen-bond acceptors (Lipinski definition) is 6. The molecule has 0 saturated carbocycles. The minimum atomic E-state index is -0.786. The Labute approximate surface area is 497 Å². The quantitative estimate of drug-likeness (QED) is 0.0261. The molecule has 0 heterocycles. The molecular formula is C74H132O6. The Hall–Kier alpha value is -3.15. The number of esters is 3. The molecule has 0 radical (unpaired) electrons. The summed E-state index contributed by atoms with van der Waals surface area (Å²) in [6, 6.07) is 0. The van der Waals surface area contributed by atoms with Crippen molar-refractivity contribution in [1.29, 1.82) is 0 Å². The smallest absolute Gasteiger partial charge is 0.306 e. The maximum absolute atomic E-state index is 12.8. The number of allylic oxidation sites excluding steroid dienone is 12. The molecule has 464 valence electrons. The molecule has 6 nitrogen and oxygen atoms in total. The first-order chi connectivity index (χ1) is 39.5. The lowest BCUT2D eigenvalue weighted by Crippen LogP contribution is -2.30. The van der Waals surface area contributed by atoms with Crippen molar-refractivity contribution in [2.75, 3.05) is 13.2 Å². The van der Waals surface area contributed by atoms with Crippen LogP contribution in [0.4, 0.5) is 0 Å². The Morgan fingerprint density at radius 1 is 0.263 bits per heavy atom. The van der Waals surface area contributed by atoms with Crippen LogP contribution in [0, 0.1) is 0 Å². The summed E-state index contributed by atoms with van der Waals surface area (Å²) < 4.78 is 16.8. The van der Waals surface area contributed by atoms with Crippen LogP contribution in [0.25, 0.3) is 0 Å². The molecule has 0 aliphatic rings. The number of ether oxygens (including phenoxy) is 3. The van der Waals surface area contributed by atoms with Crippen molar-refractivity contribution in [3.05, 3.63) is 72.9 Å². The van der Waals surface area contributed by atoms with Crippen molar-refractivity contribution < 1.29 is 28.6 Å². The van der Waals surface area contributed by atoms with Crippen LogP contribution in [-0.4, -0.2) is 37.2 Å². The van der Waals surface area contributed by atoms with Crippen LogP contribution in [0.1, 0.15) is 361 Å². The lowest BCUT2D eigenvalue weighted by molar-refractivity contribution is -0.167. The van der Waals surface area contributed by atoms with Crippen LogP contribution < -0.4 is 0 Å². The average Bonchev–Trinajstić information content (AvgIpc) is 3.46. The van der Waals surface area contributed by atoms with Gasteiger partial charge in [-0.1, -0.05) is 344 Å². The summed E-state index contributed by atoms with van der Waals surface area (Å²) in [6.45, 7) is 6.46. The Balaban J connectivity index is 3.94. The van der Waals surface area contributed by atoms with Crippen molar-refractivity contribution in [3.63, 3.8) is 0 Å². The highest BCUT2D eigenvalue weighted by atomic mass is 16.6. The molecule has 0 amide bonds. The van der Waals surface area contributed by atoms with Gasteiger partial charge in [0.25, 0.3) is 0 Å². The van der Waals surface area contributed by atoms with Crippen molar-refractivity contribution in [2.45, 2.75) is 367 Å². The van der Waals surface area contributed by atoms with E-state index in [0.717, 1.165) is 116 Å². The molecule has 0 saturated heterocycles. The van der Waals surface area contributed by atoms with Gasteiger partial charge in [0, 0.05) is 19.3 Å². The molecule has 0 bridgehead atoms. The van der Waals surface area contributed by atoms with Crippen molar-refractivity contribution >= 4 is 17.9 Å². The SMILES string of the molecule is CC/C=C\C/C=C\C/C=C\C/C=C\C/C=C\C/C=C\CCCCCCC(=O)OC(COC(=O)CCCCCCC)COC(=O)CCCCCCCCCCCCCCCCCCCCCCCCCCCCCCCCCCCC. The Bertz CT molecular complexity index is 1470. The molecule has 1 atom stereocenters. The number of carbonyl (C=O) groups is 3. The third kappa shape index (κ3) is 65.7. The predicted molar refractivity (Wildman–Crippen MR) is 348 cm³/mol. The van der Waals surface area contributed by atoms with Crippen LogP contribution in [0.2, 0.25) is 0 Å². The first-order valence-electron chi connectivity index (χ1n) is 34.9. The fourth-order valence-corrected chi connectivity index (χ4v) is 10.3. The Morgan fingerprint density at radius 3 is 0.762 bits per heavy atom. The molecule has 0 N–H and O–H groups in total. The van der Waals surface area contributed by atoms with Gasteiger partial charge in [-0.05, 0) is 70.6 Å². The largest absolute Gasteiger partial charge is 0.462 e. The molecule has 0 aromatic carbocycles. The lowest BCUT2D eigenvalue weighted by Gasteiger charge is -2.18. The maximum Gasteiger partial charge on any atom is 0.306 e. The molecule has 0 rings (SSSR count). The zero-order valence-corrected chi connectivity index (χ0v) is 53.3. The first-order valence-corrected chi connectivity index (χ1v) is 34.9. The van der Waals surface area contributed by atoms with Crippen molar-refractivity contribution in [2.24, 2.45) is 0 Å². The standard InChI is InChI=1S/C74H132O6/c1-4-7-10-13-15-17-19-21-23-25-27-29-31-32-33-34-35-36-37-38-39-40-41-43-44-46-48-50-52-54-56-58-61-64-67-73(76)79-70-71(69-78-72(75)66-63-60-12-9-6-3)80-74(77)68-65-62-59-57-55-53-51-49-47-45-42-30-28-26-24-22-20-18-16-14-11-8-5-2/h8,11,16,18,22,24,28,30,45,47,51,53,71H,4-7,9-10,12-15,17,19-21,23,25-27,29,31-44,46,48-50,52,54-70H2,1-3H3/b11-8-,18-16-,24-22-,30-28-,47-45-,53-51-. The van der Waals surface area contributed by atoms with Crippen molar-refractivity contribution in [3.8, 4) is 0 Å². The molecule has 0 fully saturated rings. The van der Waals surface area contributed by atoms with E-state index in [1.165, 1.54) is 205 Å². The molecule has 0 aromatic heterocycles. The van der Waals surface area contributed by atoms with E-state index < -0.39 is 6.10 Å². The zero-order valence-electron chi connectivity index (χ0n) is 53.3. The summed E-state index contributed by atoms with van der Waals surface area (Å²) >= 11 is 0. The second-order valence-electron chi connectivity index (χ2n) is 23.4. The van der Waals surface area contributed by atoms with Crippen LogP contribution in [0.5, 0.6) is 0 Å². The number of rotatable bonds is 64. The van der Waals surface area contributed by atoms with E-state index in [1.54, 1.807) is 0 Å². The summed E-state index contributed by atoms with van der Waals surface area (Å²) in [4.78, 5) is 38.0. The van der Waals surface area contributed by atoms with Crippen LogP contribution >= 0.6 is 0 Å². The van der Waals surface area contributed by atoms with Crippen molar-refractivity contribution in [1.82, 2.24) is 0 Å². The number of unbranched alkanes of at least 4 members (excludes halogenated alkanes) is 41. The average molecular weight is 1120 g/mol. The number of carbonyl (C=O) groups excluding carboxylic acids is 3. The van der Waals surface area contributed by atoms with Crippen LogP contribution in [-0.2, 0) is 28.6 Å². The highest BCUT2D eigenvalue weighted by Gasteiger charge is 2.19. The van der Waals surface area contributed by atoms with Crippen LogP contribution in [0.15, 0.2) is 72.9 Å². The second-order valence-corrected chi connectivity index (χ2v) is 23.4. The summed E-state index contributed by atoms with van der Waals surface area (Å²) in [5, 5.41) is 0. The summed E-state index contributed by atoms with van der Waals surface area (Å²) in [6.07, 6.45) is 90.0. The molecule has 0 aromatic rings. The highest BCUT2D eigenvalue weighted by molar-refractivity contribution is 5.71. The van der Waals surface area contributed by atoms with E-state index in [-0.39, 0.29) is 31.1 Å². The van der Waals surface area contributed by atoms with Gasteiger partial charge in [0.2, 0.25) is 0 Å². The van der Waals surface area contributed by atoms with E-state index >= 15 is 0 Å². The fourth-order valence-electron chi connectivity index (χ4n) is 10.3. The number of hydrogen-bond donors (Lipinski definition) is 0. The lowest BCUT2D eigenvalue weighted by atomic mass is 10.0. The zero-order chi connectivity index (χ0) is 57.8.